The van der Waals surface area contributed by atoms with Gasteiger partial charge in [0, 0.05) is 16.8 Å². The van der Waals surface area contributed by atoms with Crippen LogP contribution in [0.2, 0.25) is 0 Å². The number of amides is 1. The average molecular weight is 496 g/mol. The molecule has 0 bridgehead atoms. The van der Waals surface area contributed by atoms with Gasteiger partial charge in [0.1, 0.15) is 5.75 Å². The van der Waals surface area contributed by atoms with E-state index in [-0.39, 0.29) is 16.8 Å². The lowest BCUT2D eigenvalue weighted by atomic mass is 9.85. The summed E-state index contributed by atoms with van der Waals surface area (Å²) in [6.45, 7) is 3.70. The predicted octanol–water partition coefficient (Wildman–Crippen LogP) is 5.72. The van der Waals surface area contributed by atoms with E-state index in [1.807, 2.05) is 19.9 Å². The zero-order valence-corrected chi connectivity index (χ0v) is 19.8. The Kier molecular flexibility index (Phi) is 6.58. The van der Waals surface area contributed by atoms with Crippen LogP contribution >= 0.6 is 0 Å². The fourth-order valence-electron chi connectivity index (χ4n) is 4.16. The number of rotatable bonds is 6. The molecule has 0 spiro atoms. The molecule has 0 fully saturated rings. The van der Waals surface area contributed by atoms with E-state index in [2.05, 4.69) is 10.5 Å². The molecular formula is C27H23F3N2O4. The van der Waals surface area contributed by atoms with E-state index in [9.17, 15) is 22.8 Å². The van der Waals surface area contributed by atoms with Crippen molar-refractivity contribution in [2.75, 3.05) is 12.4 Å². The van der Waals surface area contributed by atoms with E-state index in [1.165, 1.54) is 37.4 Å². The van der Waals surface area contributed by atoms with Crippen LogP contribution in [0.4, 0.5) is 18.9 Å². The number of Topliss-reactive ketones (excluding diaryl/α,β-unsaturated/α-hetero) is 1. The highest BCUT2D eigenvalue weighted by Crippen LogP contribution is 2.37. The minimum absolute atomic E-state index is 0.118. The number of alkyl halides is 3. The largest absolute Gasteiger partial charge is 0.497 e. The number of oxime groups is 1. The number of carbonyl (C=O) groups is 2. The third-order valence-corrected chi connectivity index (χ3v) is 5.84. The maximum absolute atomic E-state index is 13.7. The van der Waals surface area contributed by atoms with Gasteiger partial charge < -0.3 is 14.9 Å². The van der Waals surface area contributed by atoms with Crippen LogP contribution in [0, 0.1) is 13.8 Å². The van der Waals surface area contributed by atoms with Crippen molar-refractivity contribution >= 4 is 23.1 Å². The van der Waals surface area contributed by atoms with E-state index >= 15 is 0 Å². The number of carbonyl (C=O) groups excluding carboxylic acids is 2. The zero-order chi connectivity index (χ0) is 26.1. The normalized spacial score (nSPS) is 17.2. The Bertz CT molecular complexity index is 1330. The van der Waals surface area contributed by atoms with Crippen molar-refractivity contribution in [1.29, 1.82) is 0 Å². The molecule has 3 aromatic rings. The summed E-state index contributed by atoms with van der Waals surface area (Å²) in [5.74, 6) is -1.09. The molecule has 1 N–H and O–H groups in total. The minimum atomic E-state index is -4.66. The first-order valence-electron chi connectivity index (χ1n) is 11.0. The van der Waals surface area contributed by atoms with Gasteiger partial charge in [-0.3, -0.25) is 9.59 Å². The number of nitrogens with one attached hydrogen (secondary N) is 1. The summed E-state index contributed by atoms with van der Waals surface area (Å²) in [7, 11) is 1.47. The number of benzene rings is 3. The van der Waals surface area contributed by atoms with Crippen LogP contribution in [0.5, 0.6) is 5.75 Å². The summed E-state index contributed by atoms with van der Waals surface area (Å²) in [6.07, 6.45) is -5.15. The van der Waals surface area contributed by atoms with Crippen LogP contribution in [0.15, 0.2) is 71.9 Å². The van der Waals surface area contributed by atoms with Gasteiger partial charge in [-0.15, -0.1) is 0 Å². The molecule has 0 saturated carbocycles. The third-order valence-electron chi connectivity index (χ3n) is 5.84. The van der Waals surface area contributed by atoms with E-state index in [0.29, 0.717) is 11.4 Å². The van der Waals surface area contributed by atoms with Crippen LogP contribution in [-0.2, 0) is 15.8 Å². The highest BCUT2D eigenvalue weighted by molar-refractivity contribution is 6.24. The Balaban J connectivity index is 1.74. The molecule has 1 heterocycles. The molecule has 4 rings (SSSR count). The Morgan fingerprint density at radius 1 is 1.00 bits per heavy atom. The number of halogens is 3. The van der Waals surface area contributed by atoms with Gasteiger partial charge in [0.15, 0.2) is 0 Å². The lowest BCUT2D eigenvalue weighted by Gasteiger charge is -2.24. The number of ether oxygens (including phenoxy) is 1. The summed E-state index contributed by atoms with van der Waals surface area (Å²) in [5, 5.41) is 6.51. The summed E-state index contributed by atoms with van der Waals surface area (Å²) in [6, 6.07) is 16.2. The van der Waals surface area contributed by atoms with Crippen molar-refractivity contribution in [3.05, 3.63) is 94.5 Å². The molecular weight excluding hydrogens is 473 g/mol. The highest BCUT2D eigenvalue weighted by Gasteiger charge is 2.54. The molecule has 0 aromatic heterocycles. The summed E-state index contributed by atoms with van der Waals surface area (Å²) < 4.78 is 46.1. The zero-order valence-electron chi connectivity index (χ0n) is 19.8. The monoisotopic (exact) mass is 496 g/mol. The number of hydrogen-bond acceptors (Lipinski definition) is 5. The molecule has 0 saturated heterocycles. The molecule has 1 atom stereocenters. The van der Waals surface area contributed by atoms with E-state index < -0.39 is 35.5 Å². The molecule has 1 unspecified atom stereocenters. The number of ketones is 1. The first kappa shape index (κ1) is 25.0. The third kappa shape index (κ3) is 4.82. The van der Waals surface area contributed by atoms with Crippen molar-refractivity contribution in [2.45, 2.75) is 32.0 Å². The number of anilines is 1. The number of hydrogen-bond donors (Lipinski definition) is 1. The summed E-state index contributed by atoms with van der Waals surface area (Å²) >= 11 is 0. The van der Waals surface area contributed by atoms with Crippen molar-refractivity contribution in [3.63, 3.8) is 0 Å². The number of methoxy groups -OCH3 is 1. The smallest absolute Gasteiger partial charge is 0.417 e. The van der Waals surface area contributed by atoms with Crippen LogP contribution in [0.1, 0.15) is 39.0 Å². The van der Waals surface area contributed by atoms with Crippen molar-refractivity contribution in [2.24, 2.45) is 5.16 Å². The quantitative estimate of drug-likeness (QED) is 0.350. The van der Waals surface area contributed by atoms with Crippen LogP contribution < -0.4 is 10.1 Å². The second kappa shape index (κ2) is 9.49. The van der Waals surface area contributed by atoms with E-state index in [1.54, 1.807) is 24.3 Å². The van der Waals surface area contributed by atoms with Crippen LogP contribution in [0.3, 0.4) is 0 Å². The Morgan fingerprint density at radius 2 is 1.64 bits per heavy atom. The molecule has 0 radical (unpaired) electrons. The molecule has 1 aliphatic rings. The number of aryl methyl sites for hydroxylation is 2. The first-order valence-corrected chi connectivity index (χ1v) is 11.0. The average Bonchev–Trinajstić information content (AvgIpc) is 3.29. The highest BCUT2D eigenvalue weighted by atomic mass is 19.4. The van der Waals surface area contributed by atoms with E-state index in [4.69, 9.17) is 9.57 Å². The fraction of sp³-hybridized carbons (Fsp3) is 0.222. The topological polar surface area (TPSA) is 77.0 Å². The first-order chi connectivity index (χ1) is 17.0. The molecule has 3 aromatic carbocycles. The minimum Gasteiger partial charge on any atom is -0.497 e. The molecule has 6 nitrogen and oxygen atoms in total. The van der Waals surface area contributed by atoms with Gasteiger partial charge in [-0.2, -0.15) is 13.2 Å². The standard InChI is InChI=1S/C27H23F3N2O4/c1-16-12-17(2)14-19(13-16)31-25(34)26(24(33)18-8-10-20(35-3)11-9-18)15-23(32-36-26)21-6-4-5-7-22(21)27(28,29)30/h4-14H,15H2,1-3H3,(H,31,34). The number of nitrogens with zero attached hydrogens (tertiary/aromatic N) is 1. The second-order valence-electron chi connectivity index (χ2n) is 8.56. The van der Waals surface area contributed by atoms with Crippen molar-refractivity contribution in [1.82, 2.24) is 0 Å². The van der Waals surface area contributed by atoms with Crippen molar-refractivity contribution < 1.29 is 32.3 Å². The maximum atomic E-state index is 13.7. The van der Waals surface area contributed by atoms with Gasteiger partial charge >= 0.3 is 6.18 Å². The van der Waals surface area contributed by atoms with Crippen LogP contribution in [0.25, 0.3) is 0 Å². The van der Waals surface area contributed by atoms with Crippen molar-refractivity contribution in [3.8, 4) is 5.75 Å². The van der Waals surface area contributed by atoms with Gasteiger partial charge in [-0.05, 0) is 67.4 Å². The fourth-order valence-corrected chi connectivity index (χ4v) is 4.16. The van der Waals surface area contributed by atoms with Crippen LogP contribution in [-0.4, -0.2) is 30.1 Å². The van der Waals surface area contributed by atoms with Gasteiger partial charge in [-0.1, -0.05) is 29.4 Å². The maximum Gasteiger partial charge on any atom is 0.417 e. The van der Waals surface area contributed by atoms with Gasteiger partial charge in [0.05, 0.1) is 24.8 Å². The lowest BCUT2D eigenvalue weighted by Crippen LogP contribution is -2.50. The molecule has 0 aliphatic carbocycles. The molecule has 1 aliphatic heterocycles. The Morgan fingerprint density at radius 3 is 2.25 bits per heavy atom. The lowest BCUT2D eigenvalue weighted by molar-refractivity contribution is -0.137. The second-order valence-corrected chi connectivity index (χ2v) is 8.56. The van der Waals surface area contributed by atoms with Gasteiger partial charge in [-0.25, -0.2) is 0 Å². The van der Waals surface area contributed by atoms with Gasteiger partial charge in [0.2, 0.25) is 5.78 Å². The van der Waals surface area contributed by atoms with Gasteiger partial charge in [0.25, 0.3) is 11.5 Å². The van der Waals surface area contributed by atoms with E-state index in [0.717, 1.165) is 17.2 Å². The summed E-state index contributed by atoms with van der Waals surface area (Å²) in [5.41, 5.74) is -1.25. The summed E-state index contributed by atoms with van der Waals surface area (Å²) in [4.78, 5) is 32.7. The predicted molar refractivity (Wildman–Crippen MR) is 128 cm³/mol. The Labute approximate surface area is 205 Å². The molecule has 1 amide bonds. The Hall–Kier alpha value is -4.14. The molecule has 186 valence electrons. The SMILES string of the molecule is COc1ccc(C(=O)C2(C(=O)Nc3cc(C)cc(C)c3)CC(c3ccccc3C(F)(F)F)=NO2)cc1. The molecule has 36 heavy (non-hydrogen) atoms. The molecule has 9 heteroatoms.